The van der Waals surface area contributed by atoms with Gasteiger partial charge in [-0.1, -0.05) is 17.7 Å². The zero-order valence-electron chi connectivity index (χ0n) is 15.0. The Kier molecular flexibility index (Phi) is 6.49. The van der Waals surface area contributed by atoms with Gasteiger partial charge >= 0.3 is 11.9 Å². The second-order valence-electron chi connectivity index (χ2n) is 5.74. The molecule has 0 saturated carbocycles. The van der Waals surface area contributed by atoms with Gasteiger partial charge < -0.3 is 14.8 Å². The van der Waals surface area contributed by atoms with Crippen LogP contribution in [0.3, 0.4) is 0 Å². The molecule has 0 radical (unpaired) electrons. The molecule has 0 atom stereocenters. The minimum Gasteiger partial charge on any atom is -0.462 e. The number of carbonyl (C=O) groups excluding carboxylic acids is 3. The normalized spacial score (nSPS) is 10.1. The summed E-state index contributed by atoms with van der Waals surface area (Å²) in [6, 6.07) is 11.7. The van der Waals surface area contributed by atoms with Crippen molar-refractivity contribution in [2.45, 2.75) is 20.8 Å². The van der Waals surface area contributed by atoms with Gasteiger partial charge in [0.25, 0.3) is 5.91 Å². The van der Waals surface area contributed by atoms with Gasteiger partial charge in [0, 0.05) is 5.69 Å². The molecule has 0 fully saturated rings. The number of amides is 1. The van der Waals surface area contributed by atoms with Crippen molar-refractivity contribution in [3.8, 4) is 0 Å². The third-order valence-electron chi connectivity index (χ3n) is 3.63. The first kappa shape index (κ1) is 19.2. The zero-order chi connectivity index (χ0) is 19.1. The highest BCUT2D eigenvalue weighted by Crippen LogP contribution is 2.13. The minimum atomic E-state index is -0.543. The molecule has 1 amide bonds. The fourth-order valence-corrected chi connectivity index (χ4v) is 2.27. The molecule has 0 heterocycles. The number of rotatable bonds is 6. The molecule has 0 bridgehead atoms. The van der Waals surface area contributed by atoms with E-state index in [0.717, 1.165) is 11.1 Å². The largest absolute Gasteiger partial charge is 0.462 e. The monoisotopic (exact) mass is 355 g/mol. The second-order valence-corrected chi connectivity index (χ2v) is 5.74. The molecule has 2 aromatic rings. The van der Waals surface area contributed by atoms with Crippen molar-refractivity contribution in [1.29, 1.82) is 0 Å². The number of nitrogens with one attached hydrogen (secondary N) is 1. The molecule has 0 unspecified atom stereocenters. The lowest BCUT2D eigenvalue weighted by molar-refractivity contribution is -0.119. The molecule has 2 aromatic carbocycles. The first-order chi connectivity index (χ1) is 12.4. The van der Waals surface area contributed by atoms with E-state index in [-0.39, 0.29) is 0 Å². The Hall–Kier alpha value is -3.15. The van der Waals surface area contributed by atoms with Crippen molar-refractivity contribution in [3.63, 3.8) is 0 Å². The van der Waals surface area contributed by atoms with Gasteiger partial charge in [0.2, 0.25) is 0 Å². The maximum atomic E-state index is 12.1. The number of ether oxygens (including phenoxy) is 2. The van der Waals surface area contributed by atoms with Crippen molar-refractivity contribution in [2.24, 2.45) is 0 Å². The van der Waals surface area contributed by atoms with Crippen LogP contribution >= 0.6 is 0 Å². The lowest BCUT2D eigenvalue weighted by atomic mass is 10.1. The van der Waals surface area contributed by atoms with E-state index in [2.05, 4.69) is 5.32 Å². The lowest BCUT2D eigenvalue weighted by Crippen LogP contribution is -2.21. The molecule has 6 nitrogen and oxygen atoms in total. The topological polar surface area (TPSA) is 81.7 Å². The summed E-state index contributed by atoms with van der Waals surface area (Å²) in [4.78, 5) is 35.6. The van der Waals surface area contributed by atoms with Gasteiger partial charge in [0.05, 0.1) is 17.7 Å². The molecule has 0 aliphatic rings. The van der Waals surface area contributed by atoms with Crippen LogP contribution in [0.1, 0.15) is 38.8 Å². The molecule has 0 spiro atoms. The molecule has 0 aliphatic carbocycles. The second kappa shape index (κ2) is 8.80. The fraction of sp³-hybridized carbons (Fsp3) is 0.250. The van der Waals surface area contributed by atoms with Gasteiger partial charge in [0.1, 0.15) is 0 Å². The summed E-state index contributed by atoms with van der Waals surface area (Å²) in [5, 5.41) is 2.60. The Bertz CT molecular complexity index is 811. The van der Waals surface area contributed by atoms with Crippen LogP contribution in [0.2, 0.25) is 0 Å². The summed E-state index contributed by atoms with van der Waals surface area (Å²) in [6.45, 7) is 5.31. The smallest absolute Gasteiger partial charge is 0.338 e. The number of hydrogen-bond acceptors (Lipinski definition) is 5. The van der Waals surface area contributed by atoms with Crippen molar-refractivity contribution in [3.05, 3.63) is 64.7 Å². The van der Waals surface area contributed by atoms with Gasteiger partial charge in [0.15, 0.2) is 6.61 Å². The molecule has 0 aliphatic heterocycles. The quantitative estimate of drug-likeness (QED) is 0.804. The summed E-state index contributed by atoms with van der Waals surface area (Å²) in [6.07, 6.45) is 0. The van der Waals surface area contributed by atoms with Gasteiger partial charge in [-0.05, 0) is 56.7 Å². The number of carbonyl (C=O) groups is 3. The van der Waals surface area contributed by atoms with E-state index < -0.39 is 24.5 Å². The molecule has 0 aromatic heterocycles. The standard InChI is InChI=1S/C20H21NO5/c1-4-25-19(23)15-7-9-16(10-8-15)21-18(22)12-26-20(24)17-11-13(2)5-6-14(17)3/h5-11H,4,12H2,1-3H3,(H,21,22). The fourth-order valence-electron chi connectivity index (χ4n) is 2.27. The Morgan fingerprint density at radius 1 is 0.923 bits per heavy atom. The van der Waals surface area contributed by atoms with E-state index in [4.69, 9.17) is 9.47 Å². The van der Waals surface area contributed by atoms with Crippen molar-refractivity contribution < 1.29 is 23.9 Å². The van der Waals surface area contributed by atoms with E-state index in [9.17, 15) is 14.4 Å². The molecule has 26 heavy (non-hydrogen) atoms. The zero-order valence-corrected chi connectivity index (χ0v) is 15.0. The van der Waals surface area contributed by atoms with E-state index in [0.29, 0.717) is 23.4 Å². The summed E-state index contributed by atoms with van der Waals surface area (Å²) >= 11 is 0. The predicted octanol–water partition coefficient (Wildman–Crippen LogP) is 3.28. The lowest BCUT2D eigenvalue weighted by Gasteiger charge is -2.09. The average Bonchev–Trinajstić information content (AvgIpc) is 2.62. The number of esters is 2. The van der Waals surface area contributed by atoms with E-state index in [1.807, 2.05) is 19.1 Å². The molecular formula is C20H21NO5. The van der Waals surface area contributed by atoms with E-state index >= 15 is 0 Å². The molecule has 1 N–H and O–H groups in total. The van der Waals surface area contributed by atoms with Crippen LogP contribution < -0.4 is 5.32 Å². The van der Waals surface area contributed by atoms with Crippen LogP contribution in [0.5, 0.6) is 0 Å². The first-order valence-electron chi connectivity index (χ1n) is 8.22. The Labute approximate surface area is 152 Å². The van der Waals surface area contributed by atoms with E-state index in [1.165, 1.54) is 0 Å². The maximum absolute atomic E-state index is 12.1. The van der Waals surface area contributed by atoms with Crippen LogP contribution in [0.15, 0.2) is 42.5 Å². The summed E-state index contributed by atoms with van der Waals surface area (Å²) < 4.78 is 9.96. The number of benzene rings is 2. The predicted molar refractivity (Wildman–Crippen MR) is 97.2 cm³/mol. The van der Waals surface area contributed by atoms with Crippen LogP contribution in [-0.4, -0.2) is 31.1 Å². The molecular weight excluding hydrogens is 334 g/mol. The van der Waals surface area contributed by atoms with Crippen LogP contribution in [0.4, 0.5) is 5.69 Å². The van der Waals surface area contributed by atoms with Crippen LogP contribution in [-0.2, 0) is 14.3 Å². The highest BCUT2D eigenvalue weighted by Gasteiger charge is 2.13. The van der Waals surface area contributed by atoms with Gasteiger partial charge in [-0.15, -0.1) is 0 Å². The Morgan fingerprint density at radius 3 is 2.27 bits per heavy atom. The Balaban J connectivity index is 1.89. The SMILES string of the molecule is CCOC(=O)c1ccc(NC(=O)COC(=O)c2cc(C)ccc2C)cc1. The number of aryl methyl sites for hydroxylation is 2. The Morgan fingerprint density at radius 2 is 1.62 bits per heavy atom. The highest BCUT2D eigenvalue weighted by atomic mass is 16.5. The van der Waals surface area contributed by atoms with Gasteiger partial charge in [-0.2, -0.15) is 0 Å². The summed E-state index contributed by atoms with van der Waals surface area (Å²) in [5.74, 6) is -1.43. The van der Waals surface area contributed by atoms with Crippen molar-refractivity contribution in [1.82, 2.24) is 0 Å². The summed E-state index contributed by atoms with van der Waals surface area (Å²) in [7, 11) is 0. The van der Waals surface area contributed by atoms with Gasteiger partial charge in [-0.25, -0.2) is 9.59 Å². The minimum absolute atomic E-state index is 0.295. The third kappa shape index (κ3) is 5.17. The molecule has 6 heteroatoms. The van der Waals surface area contributed by atoms with Crippen LogP contribution in [0.25, 0.3) is 0 Å². The average molecular weight is 355 g/mol. The van der Waals surface area contributed by atoms with Crippen LogP contribution in [0, 0.1) is 13.8 Å². The van der Waals surface area contributed by atoms with E-state index in [1.54, 1.807) is 44.2 Å². The highest BCUT2D eigenvalue weighted by molar-refractivity contribution is 5.96. The third-order valence-corrected chi connectivity index (χ3v) is 3.63. The maximum Gasteiger partial charge on any atom is 0.338 e. The molecule has 136 valence electrons. The molecule has 2 rings (SSSR count). The number of anilines is 1. The van der Waals surface area contributed by atoms with Crippen molar-refractivity contribution >= 4 is 23.5 Å². The first-order valence-corrected chi connectivity index (χ1v) is 8.22. The molecule has 0 saturated heterocycles. The van der Waals surface area contributed by atoms with Gasteiger partial charge in [-0.3, -0.25) is 4.79 Å². The van der Waals surface area contributed by atoms with Crippen molar-refractivity contribution in [2.75, 3.05) is 18.5 Å². The summed E-state index contributed by atoms with van der Waals surface area (Å²) in [5.41, 5.74) is 3.05. The number of hydrogen-bond donors (Lipinski definition) is 1.